The molecule has 1 unspecified atom stereocenters. The van der Waals surface area contributed by atoms with Gasteiger partial charge < -0.3 is 9.52 Å². The Morgan fingerprint density at radius 2 is 2.44 bits per heavy atom. The van der Waals surface area contributed by atoms with Crippen LogP contribution in [0, 0.1) is 5.92 Å². The fraction of sp³-hybridized carbons (Fsp3) is 0.583. The highest BCUT2D eigenvalue weighted by Gasteiger charge is 2.29. The summed E-state index contributed by atoms with van der Waals surface area (Å²) in [4.78, 5) is 12.8. The minimum atomic E-state index is -0.779. The minimum Gasteiger partial charge on any atom is -0.480 e. The fourth-order valence-electron chi connectivity index (χ4n) is 1.87. The van der Waals surface area contributed by atoms with E-state index in [0.29, 0.717) is 5.92 Å². The Balaban J connectivity index is 2.01. The number of carboxylic acids is 1. The van der Waals surface area contributed by atoms with E-state index in [1.807, 2.05) is 24.0 Å². The van der Waals surface area contributed by atoms with Gasteiger partial charge >= 0.3 is 5.97 Å². The van der Waals surface area contributed by atoms with Gasteiger partial charge in [-0.2, -0.15) is 0 Å². The molecule has 1 N–H and O–H groups in total. The number of hydrogen-bond donors (Lipinski definition) is 1. The van der Waals surface area contributed by atoms with Crippen LogP contribution in [0.3, 0.4) is 0 Å². The molecule has 1 heterocycles. The number of rotatable bonds is 6. The largest absolute Gasteiger partial charge is 0.480 e. The molecule has 1 aromatic rings. The molecule has 1 atom stereocenters. The molecule has 1 aromatic heterocycles. The van der Waals surface area contributed by atoms with Gasteiger partial charge in [0.25, 0.3) is 0 Å². The Hall–Kier alpha value is -1.29. The molecule has 88 valence electrons. The molecule has 1 aliphatic rings. The zero-order chi connectivity index (χ0) is 11.5. The molecule has 16 heavy (non-hydrogen) atoms. The SMILES string of the molecule is CC(c1ccco1)N(CC(=O)O)CC1CC1. The molecular formula is C12H17NO3. The lowest BCUT2D eigenvalue weighted by Crippen LogP contribution is -2.33. The van der Waals surface area contributed by atoms with Gasteiger partial charge in [0.15, 0.2) is 0 Å². The van der Waals surface area contributed by atoms with Crippen LogP contribution in [-0.4, -0.2) is 29.1 Å². The van der Waals surface area contributed by atoms with Gasteiger partial charge in [-0.15, -0.1) is 0 Å². The monoisotopic (exact) mass is 223 g/mol. The number of furan rings is 1. The minimum absolute atomic E-state index is 0.0340. The smallest absolute Gasteiger partial charge is 0.317 e. The first-order valence-corrected chi connectivity index (χ1v) is 5.66. The highest BCUT2D eigenvalue weighted by molar-refractivity contribution is 5.69. The molecule has 1 fully saturated rings. The lowest BCUT2D eigenvalue weighted by atomic mass is 10.2. The molecule has 0 saturated heterocycles. The van der Waals surface area contributed by atoms with Crippen molar-refractivity contribution in [3.8, 4) is 0 Å². The number of nitrogens with zero attached hydrogens (tertiary/aromatic N) is 1. The van der Waals surface area contributed by atoms with Crippen LogP contribution in [0.2, 0.25) is 0 Å². The second-order valence-corrected chi connectivity index (χ2v) is 4.46. The first-order valence-electron chi connectivity index (χ1n) is 5.66. The Bertz CT molecular complexity index is 343. The van der Waals surface area contributed by atoms with Crippen LogP contribution in [0.4, 0.5) is 0 Å². The lowest BCUT2D eigenvalue weighted by Gasteiger charge is -2.25. The van der Waals surface area contributed by atoms with Crippen LogP contribution < -0.4 is 0 Å². The second kappa shape index (κ2) is 4.70. The summed E-state index contributed by atoms with van der Waals surface area (Å²) in [6, 6.07) is 3.76. The van der Waals surface area contributed by atoms with E-state index in [2.05, 4.69) is 0 Å². The zero-order valence-electron chi connectivity index (χ0n) is 9.43. The highest BCUT2D eigenvalue weighted by atomic mass is 16.4. The third kappa shape index (κ3) is 2.85. The average molecular weight is 223 g/mol. The highest BCUT2D eigenvalue weighted by Crippen LogP contribution is 2.32. The molecule has 0 amide bonds. The topological polar surface area (TPSA) is 53.7 Å². The Kier molecular flexibility index (Phi) is 3.29. The van der Waals surface area contributed by atoms with Crippen LogP contribution in [0.1, 0.15) is 31.6 Å². The van der Waals surface area contributed by atoms with Crippen molar-refractivity contribution >= 4 is 5.97 Å². The maximum absolute atomic E-state index is 10.8. The van der Waals surface area contributed by atoms with Gasteiger partial charge in [-0.05, 0) is 37.8 Å². The van der Waals surface area contributed by atoms with E-state index < -0.39 is 5.97 Å². The summed E-state index contributed by atoms with van der Waals surface area (Å²) in [5, 5.41) is 8.89. The van der Waals surface area contributed by atoms with Gasteiger partial charge in [-0.25, -0.2) is 0 Å². The Labute approximate surface area is 94.9 Å². The van der Waals surface area contributed by atoms with Crippen LogP contribution >= 0.6 is 0 Å². The van der Waals surface area contributed by atoms with Crippen LogP contribution in [-0.2, 0) is 4.79 Å². The third-order valence-electron chi connectivity index (χ3n) is 3.03. The molecule has 0 bridgehead atoms. The van der Waals surface area contributed by atoms with Crippen molar-refractivity contribution in [2.24, 2.45) is 5.92 Å². The predicted octanol–water partition coefficient (Wildman–Crippen LogP) is 2.14. The molecular weight excluding hydrogens is 206 g/mol. The van der Waals surface area contributed by atoms with Crippen LogP contribution in [0.15, 0.2) is 22.8 Å². The number of carboxylic acid groups (broad SMARTS) is 1. The van der Waals surface area contributed by atoms with Gasteiger partial charge in [0.1, 0.15) is 5.76 Å². The molecule has 1 saturated carbocycles. The van der Waals surface area contributed by atoms with Gasteiger partial charge in [0, 0.05) is 6.54 Å². The van der Waals surface area contributed by atoms with Crippen molar-refractivity contribution < 1.29 is 14.3 Å². The van der Waals surface area contributed by atoms with Crippen molar-refractivity contribution in [3.63, 3.8) is 0 Å². The molecule has 0 radical (unpaired) electrons. The van der Waals surface area contributed by atoms with Crippen molar-refractivity contribution in [1.82, 2.24) is 4.90 Å². The van der Waals surface area contributed by atoms with Crippen LogP contribution in [0.5, 0.6) is 0 Å². The maximum atomic E-state index is 10.8. The first-order chi connectivity index (χ1) is 7.66. The molecule has 1 aliphatic carbocycles. The van der Waals surface area contributed by atoms with Crippen molar-refractivity contribution in [3.05, 3.63) is 24.2 Å². The summed E-state index contributed by atoms with van der Waals surface area (Å²) in [5.74, 6) is 0.734. The average Bonchev–Trinajstić information content (AvgIpc) is 2.88. The summed E-state index contributed by atoms with van der Waals surface area (Å²) in [7, 11) is 0. The summed E-state index contributed by atoms with van der Waals surface area (Å²) < 4.78 is 5.33. The first kappa shape index (κ1) is 11.2. The lowest BCUT2D eigenvalue weighted by molar-refractivity contribution is -0.139. The molecule has 0 aliphatic heterocycles. The standard InChI is InChI=1S/C12H17NO3/c1-9(11-3-2-6-16-11)13(8-12(14)15)7-10-4-5-10/h2-3,6,9-10H,4-5,7-8H2,1H3,(H,14,15). The zero-order valence-corrected chi connectivity index (χ0v) is 9.43. The Morgan fingerprint density at radius 1 is 1.69 bits per heavy atom. The van der Waals surface area contributed by atoms with E-state index >= 15 is 0 Å². The van der Waals surface area contributed by atoms with Crippen molar-refractivity contribution in [2.75, 3.05) is 13.1 Å². The van der Waals surface area contributed by atoms with Crippen molar-refractivity contribution in [2.45, 2.75) is 25.8 Å². The second-order valence-electron chi connectivity index (χ2n) is 4.46. The third-order valence-corrected chi connectivity index (χ3v) is 3.03. The van der Waals surface area contributed by atoms with E-state index in [1.165, 1.54) is 12.8 Å². The van der Waals surface area contributed by atoms with E-state index in [9.17, 15) is 4.79 Å². The van der Waals surface area contributed by atoms with E-state index in [1.54, 1.807) is 6.26 Å². The maximum Gasteiger partial charge on any atom is 0.317 e. The number of hydrogen-bond acceptors (Lipinski definition) is 3. The van der Waals surface area contributed by atoms with Gasteiger partial charge in [0.2, 0.25) is 0 Å². The normalized spacial score (nSPS) is 17.6. The van der Waals surface area contributed by atoms with Gasteiger partial charge in [0.05, 0.1) is 18.8 Å². The van der Waals surface area contributed by atoms with Crippen molar-refractivity contribution in [1.29, 1.82) is 0 Å². The Morgan fingerprint density at radius 3 is 2.94 bits per heavy atom. The fourth-order valence-corrected chi connectivity index (χ4v) is 1.87. The van der Waals surface area contributed by atoms with Gasteiger partial charge in [-0.1, -0.05) is 0 Å². The van der Waals surface area contributed by atoms with E-state index in [4.69, 9.17) is 9.52 Å². The summed E-state index contributed by atoms with van der Waals surface area (Å²) >= 11 is 0. The number of aliphatic carboxylic acids is 1. The molecule has 0 aromatic carbocycles. The predicted molar refractivity (Wildman–Crippen MR) is 59.1 cm³/mol. The summed E-state index contributed by atoms with van der Waals surface area (Å²) in [6.07, 6.45) is 4.07. The van der Waals surface area contributed by atoms with Gasteiger partial charge in [-0.3, -0.25) is 9.69 Å². The molecule has 0 spiro atoms. The van der Waals surface area contributed by atoms with E-state index in [0.717, 1.165) is 12.3 Å². The van der Waals surface area contributed by atoms with E-state index in [-0.39, 0.29) is 12.6 Å². The molecule has 4 nitrogen and oxygen atoms in total. The molecule has 2 rings (SSSR count). The number of carbonyl (C=O) groups is 1. The summed E-state index contributed by atoms with van der Waals surface area (Å²) in [5.41, 5.74) is 0. The quantitative estimate of drug-likeness (QED) is 0.802. The van der Waals surface area contributed by atoms with Crippen LogP contribution in [0.25, 0.3) is 0 Å². The summed E-state index contributed by atoms with van der Waals surface area (Å²) in [6.45, 7) is 2.93. The molecule has 4 heteroatoms.